The van der Waals surface area contributed by atoms with Gasteiger partial charge in [-0.1, -0.05) is 37.3 Å². The van der Waals surface area contributed by atoms with Crippen LogP contribution in [0.25, 0.3) is 0 Å². The lowest BCUT2D eigenvalue weighted by Gasteiger charge is -2.34. The fourth-order valence-corrected chi connectivity index (χ4v) is 2.36. The van der Waals surface area contributed by atoms with Crippen molar-refractivity contribution in [2.75, 3.05) is 19.8 Å². The van der Waals surface area contributed by atoms with E-state index in [1.165, 1.54) is 0 Å². The molecule has 0 heterocycles. The number of hydrogen-bond acceptors (Lipinski definition) is 5. The van der Waals surface area contributed by atoms with Crippen LogP contribution < -0.4 is 0 Å². The zero-order chi connectivity index (χ0) is 16.6. The SMILES string of the molecule is CCOC(=O)C(OCC)(C(=O)OCC)C(C)c1ccccc1. The van der Waals surface area contributed by atoms with E-state index in [4.69, 9.17) is 14.2 Å². The second kappa shape index (κ2) is 8.54. The largest absolute Gasteiger partial charge is 0.463 e. The molecule has 0 spiro atoms. The van der Waals surface area contributed by atoms with Gasteiger partial charge in [0.25, 0.3) is 5.60 Å². The van der Waals surface area contributed by atoms with E-state index in [-0.39, 0.29) is 19.8 Å². The molecule has 0 amide bonds. The van der Waals surface area contributed by atoms with Crippen molar-refractivity contribution in [2.45, 2.75) is 39.2 Å². The first-order valence-corrected chi connectivity index (χ1v) is 7.57. The van der Waals surface area contributed by atoms with Gasteiger partial charge in [-0.2, -0.15) is 0 Å². The molecule has 1 aromatic rings. The minimum atomic E-state index is -1.79. The van der Waals surface area contributed by atoms with Crippen molar-refractivity contribution < 1.29 is 23.8 Å². The molecule has 1 aromatic carbocycles. The van der Waals surface area contributed by atoms with E-state index < -0.39 is 23.5 Å². The summed E-state index contributed by atoms with van der Waals surface area (Å²) in [6.07, 6.45) is 0. The van der Waals surface area contributed by atoms with Crippen LogP contribution >= 0.6 is 0 Å². The van der Waals surface area contributed by atoms with Crippen molar-refractivity contribution in [2.24, 2.45) is 0 Å². The Labute approximate surface area is 131 Å². The molecule has 1 atom stereocenters. The van der Waals surface area contributed by atoms with Gasteiger partial charge in [0, 0.05) is 12.5 Å². The number of rotatable bonds is 8. The monoisotopic (exact) mass is 308 g/mol. The van der Waals surface area contributed by atoms with Crippen LogP contribution in [-0.2, 0) is 23.8 Å². The lowest BCUT2D eigenvalue weighted by atomic mass is 9.83. The maximum atomic E-state index is 12.5. The summed E-state index contributed by atoms with van der Waals surface area (Å²) in [7, 11) is 0. The van der Waals surface area contributed by atoms with Crippen LogP contribution in [0.3, 0.4) is 0 Å². The number of carbonyl (C=O) groups excluding carboxylic acids is 2. The summed E-state index contributed by atoms with van der Waals surface area (Å²) in [5.74, 6) is -1.97. The van der Waals surface area contributed by atoms with Crippen LogP contribution in [0, 0.1) is 0 Å². The van der Waals surface area contributed by atoms with E-state index in [0.717, 1.165) is 5.56 Å². The lowest BCUT2D eigenvalue weighted by molar-refractivity contribution is -0.193. The first kappa shape index (κ1) is 18.2. The zero-order valence-corrected chi connectivity index (χ0v) is 13.6. The summed E-state index contributed by atoms with van der Waals surface area (Å²) in [5.41, 5.74) is -0.987. The highest BCUT2D eigenvalue weighted by Crippen LogP contribution is 2.34. The van der Waals surface area contributed by atoms with Gasteiger partial charge in [-0.3, -0.25) is 0 Å². The molecule has 1 unspecified atom stereocenters. The summed E-state index contributed by atoms with van der Waals surface area (Å²) < 4.78 is 15.8. The smallest absolute Gasteiger partial charge is 0.350 e. The molecule has 5 heteroatoms. The molecule has 0 aromatic heterocycles. The number of benzene rings is 1. The van der Waals surface area contributed by atoms with E-state index in [1.807, 2.05) is 30.3 Å². The lowest BCUT2D eigenvalue weighted by Crippen LogP contribution is -2.55. The normalized spacial score (nSPS) is 12.5. The minimum absolute atomic E-state index is 0.161. The van der Waals surface area contributed by atoms with Crippen molar-refractivity contribution in [3.05, 3.63) is 35.9 Å². The first-order valence-electron chi connectivity index (χ1n) is 7.57. The molecule has 0 bridgehead atoms. The Morgan fingerprint density at radius 2 is 1.45 bits per heavy atom. The van der Waals surface area contributed by atoms with Crippen LogP contribution in [0.15, 0.2) is 30.3 Å². The second-order valence-corrected chi connectivity index (χ2v) is 4.74. The van der Waals surface area contributed by atoms with E-state index in [1.54, 1.807) is 27.7 Å². The molecule has 0 aliphatic rings. The molecular formula is C17H24O5. The van der Waals surface area contributed by atoms with Crippen molar-refractivity contribution in [1.82, 2.24) is 0 Å². The molecule has 0 radical (unpaired) electrons. The average molecular weight is 308 g/mol. The fourth-order valence-electron chi connectivity index (χ4n) is 2.36. The van der Waals surface area contributed by atoms with Gasteiger partial charge < -0.3 is 14.2 Å². The highest BCUT2D eigenvalue weighted by atomic mass is 16.6. The Morgan fingerprint density at radius 1 is 0.955 bits per heavy atom. The molecule has 5 nitrogen and oxygen atoms in total. The molecule has 122 valence electrons. The molecule has 0 saturated carbocycles. The standard InChI is InChI=1S/C17H24O5/c1-5-20-15(18)17(22-7-3,16(19)21-6-2)13(4)14-11-9-8-10-12-14/h8-13H,5-7H2,1-4H3. The summed E-state index contributed by atoms with van der Waals surface area (Å²) in [5, 5.41) is 0. The van der Waals surface area contributed by atoms with Gasteiger partial charge >= 0.3 is 11.9 Å². The maximum Gasteiger partial charge on any atom is 0.350 e. The van der Waals surface area contributed by atoms with E-state index >= 15 is 0 Å². The van der Waals surface area contributed by atoms with Crippen LogP contribution in [0.5, 0.6) is 0 Å². The van der Waals surface area contributed by atoms with E-state index in [0.29, 0.717) is 0 Å². The van der Waals surface area contributed by atoms with Gasteiger partial charge in [0.05, 0.1) is 13.2 Å². The number of esters is 2. The fraction of sp³-hybridized carbons (Fsp3) is 0.529. The average Bonchev–Trinajstić information content (AvgIpc) is 2.53. The predicted molar refractivity (Wildman–Crippen MR) is 82.5 cm³/mol. The van der Waals surface area contributed by atoms with Gasteiger partial charge in [-0.15, -0.1) is 0 Å². The van der Waals surface area contributed by atoms with E-state index in [9.17, 15) is 9.59 Å². The highest BCUT2D eigenvalue weighted by molar-refractivity contribution is 6.05. The Morgan fingerprint density at radius 3 is 1.86 bits per heavy atom. The van der Waals surface area contributed by atoms with Crippen LogP contribution in [0.4, 0.5) is 0 Å². The van der Waals surface area contributed by atoms with E-state index in [2.05, 4.69) is 0 Å². The maximum absolute atomic E-state index is 12.5. The van der Waals surface area contributed by atoms with Gasteiger partial charge in [0.15, 0.2) is 0 Å². The molecule has 22 heavy (non-hydrogen) atoms. The number of hydrogen-bond donors (Lipinski definition) is 0. The van der Waals surface area contributed by atoms with Gasteiger partial charge in [-0.05, 0) is 26.3 Å². The van der Waals surface area contributed by atoms with Crippen LogP contribution in [-0.4, -0.2) is 37.4 Å². The summed E-state index contributed by atoms with van der Waals surface area (Å²) in [6, 6.07) is 9.25. The minimum Gasteiger partial charge on any atom is -0.463 e. The molecule has 0 fully saturated rings. The second-order valence-electron chi connectivity index (χ2n) is 4.74. The highest BCUT2D eigenvalue weighted by Gasteiger charge is 2.55. The molecule has 0 aliphatic heterocycles. The number of ether oxygens (including phenoxy) is 3. The Kier molecular flexibility index (Phi) is 7.05. The van der Waals surface area contributed by atoms with Crippen LogP contribution in [0.1, 0.15) is 39.2 Å². The van der Waals surface area contributed by atoms with Gasteiger partial charge in [0.2, 0.25) is 0 Å². The zero-order valence-electron chi connectivity index (χ0n) is 13.6. The van der Waals surface area contributed by atoms with Crippen molar-refractivity contribution in [1.29, 1.82) is 0 Å². The van der Waals surface area contributed by atoms with Crippen molar-refractivity contribution in [3.8, 4) is 0 Å². The third-order valence-corrected chi connectivity index (χ3v) is 3.44. The molecule has 0 N–H and O–H groups in total. The van der Waals surface area contributed by atoms with Gasteiger partial charge in [-0.25, -0.2) is 9.59 Å². The first-order chi connectivity index (χ1) is 10.5. The molecule has 0 aliphatic carbocycles. The summed E-state index contributed by atoms with van der Waals surface area (Å²) >= 11 is 0. The third kappa shape index (κ3) is 3.65. The molecule has 1 rings (SSSR count). The molecule has 0 saturated heterocycles. The summed E-state index contributed by atoms with van der Waals surface area (Å²) in [4.78, 5) is 25.1. The Bertz CT molecular complexity index is 465. The quantitative estimate of drug-likeness (QED) is 0.546. The predicted octanol–water partition coefficient (Wildman–Crippen LogP) is 2.69. The summed E-state index contributed by atoms with van der Waals surface area (Å²) in [6.45, 7) is 7.38. The third-order valence-electron chi connectivity index (χ3n) is 3.44. The Hall–Kier alpha value is -1.88. The van der Waals surface area contributed by atoms with Crippen molar-refractivity contribution >= 4 is 11.9 Å². The Balaban J connectivity index is 3.33. The van der Waals surface area contributed by atoms with Crippen LogP contribution in [0.2, 0.25) is 0 Å². The topological polar surface area (TPSA) is 61.8 Å². The molecular weight excluding hydrogens is 284 g/mol. The number of carbonyl (C=O) groups is 2. The van der Waals surface area contributed by atoms with Crippen molar-refractivity contribution in [3.63, 3.8) is 0 Å². The van der Waals surface area contributed by atoms with Gasteiger partial charge in [0.1, 0.15) is 0 Å².